The van der Waals surface area contributed by atoms with Gasteiger partial charge in [-0.2, -0.15) is 0 Å². The van der Waals surface area contributed by atoms with Gasteiger partial charge < -0.3 is 4.74 Å². The van der Waals surface area contributed by atoms with Crippen molar-refractivity contribution in [3.63, 3.8) is 0 Å². The molecule has 2 nitrogen and oxygen atoms in total. The summed E-state index contributed by atoms with van der Waals surface area (Å²) in [5.41, 5.74) is 2.12. The zero-order chi connectivity index (χ0) is 15.2. The summed E-state index contributed by atoms with van der Waals surface area (Å²) in [5.74, 6) is 3.30. The van der Waals surface area contributed by atoms with Gasteiger partial charge in [0, 0.05) is 18.0 Å². The number of fused-ring (bicyclic) bond motifs is 1. The van der Waals surface area contributed by atoms with Crippen molar-refractivity contribution in [2.75, 3.05) is 6.61 Å². The Balaban J connectivity index is 2.08. The maximum absolute atomic E-state index is 5.68. The third kappa shape index (κ3) is 2.99. The SMILES string of the molecule is C#CCOc1ccc2ccccc2c1/C=C/c1ccncc1. The largest absolute Gasteiger partial charge is 0.480 e. The van der Waals surface area contributed by atoms with Crippen molar-refractivity contribution in [3.05, 3.63) is 72.1 Å². The Bertz CT molecular complexity index is 844. The molecule has 22 heavy (non-hydrogen) atoms. The van der Waals surface area contributed by atoms with Crippen molar-refractivity contribution in [2.24, 2.45) is 0 Å². The zero-order valence-corrected chi connectivity index (χ0v) is 12.1. The molecule has 0 amide bonds. The minimum atomic E-state index is 0.258. The minimum absolute atomic E-state index is 0.258. The van der Waals surface area contributed by atoms with Gasteiger partial charge in [0.2, 0.25) is 0 Å². The van der Waals surface area contributed by atoms with E-state index in [1.54, 1.807) is 12.4 Å². The smallest absolute Gasteiger partial charge is 0.148 e. The quantitative estimate of drug-likeness (QED) is 0.662. The van der Waals surface area contributed by atoms with Crippen LogP contribution in [0.25, 0.3) is 22.9 Å². The lowest BCUT2D eigenvalue weighted by Gasteiger charge is -2.10. The van der Waals surface area contributed by atoms with Crippen LogP contribution in [0.3, 0.4) is 0 Å². The second kappa shape index (κ2) is 6.60. The number of hydrogen-bond donors (Lipinski definition) is 0. The van der Waals surface area contributed by atoms with Crippen molar-refractivity contribution < 1.29 is 4.74 Å². The van der Waals surface area contributed by atoms with Crippen LogP contribution in [0.1, 0.15) is 11.1 Å². The number of ether oxygens (including phenoxy) is 1. The fourth-order valence-corrected chi connectivity index (χ4v) is 2.35. The second-order valence-electron chi connectivity index (χ2n) is 4.81. The Morgan fingerprint density at radius 2 is 1.82 bits per heavy atom. The number of benzene rings is 2. The van der Waals surface area contributed by atoms with Crippen LogP contribution >= 0.6 is 0 Å². The number of aromatic nitrogens is 1. The van der Waals surface area contributed by atoms with Gasteiger partial charge in [-0.25, -0.2) is 0 Å². The molecule has 0 aliphatic carbocycles. The Morgan fingerprint density at radius 3 is 2.64 bits per heavy atom. The third-order valence-electron chi connectivity index (χ3n) is 3.39. The number of hydrogen-bond acceptors (Lipinski definition) is 2. The first-order chi connectivity index (χ1) is 10.9. The van der Waals surface area contributed by atoms with E-state index in [0.717, 1.165) is 22.3 Å². The van der Waals surface area contributed by atoms with E-state index >= 15 is 0 Å². The van der Waals surface area contributed by atoms with Crippen LogP contribution in [0.2, 0.25) is 0 Å². The Kier molecular flexibility index (Phi) is 4.17. The highest BCUT2D eigenvalue weighted by Gasteiger charge is 2.05. The van der Waals surface area contributed by atoms with E-state index in [4.69, 9.17) is 11.2 Å². The monoisotopic (exact) mass is 285 g/mol. The normalized spacial score (nSPS) is 10.7. The van der Waals surface area contributed by atoms with Crippen LogP contribution in [-0.2, 0) is 0 Å². The zero-order valence-electron chi connectivity index (χ0n) is 12.1. The molecule has 0 spiro atoms. The van der Waals surface area contributed by atoms with E-state index in [1.165, 1.54) is 5.39 Å². The molecule has 0 atom stereocenters. The Labute approximate surface area is 130 Å². The summed E-state index contributed by atoms with van der Waals surface area (Å²) in [6.45, 7) is 0.258. The van der Waals surface area contributed by atoms with E-state index < -0.39 is 0 Å². The molecule has 0 radical (unpaired) electrons. The summed E-state index contributed by atoms with van der Waals surface area (Å²) in [4.78, 5) is 4.03. The van der Waals surface area contributed by atoms with Crippen LogP contribution in [0.15, 0.2) is 60.9 Å². The second-order valence-corrected chi connectivity index (χ2v) is 4.81. The average Bonchev–Trinajstić information content (AvgIpc) is 2.59. The van der Waals surface area contributed by atoms with Crippen LogP contribution in [0.4, 0.5) is 0 Å². The number of terminal acetylenes is 1. The fraction of sp³-hybridized carbons (Fsp3) is 0.0500. The van der Waals surface area contributed by atoms with Gasteiger partial charge in [0.25, 0.3) is 0 Å². The molecule has 0 aliphatic rings. The topological polar surface area (TPSA) is 22.1 Å². The van der Waals surface area contributed by atoms with Crippen LogP contribution in [-0.4, -0.2) is 11.6 Å². The highest BCUT2D eigenvalue weighted by Crippen LogP contribution is 2.30. The molecule has 2 aromatic carbocycles. The Morgan fingerprint density at radius 1 is 1.00 bits per heavy atom. The molecular weight excluding hydrogens is 270 g/mol. The molecule has 0 aliphatic heterocycles. The highest BCUT2D eigenvalue weighted by molar-refractivity contribution is 5.95. The van der Waals surface area contributed by atoms with E-state index in [2.05, 4.69) is 29.1 Å². The van der Waals surface area contributed by atoms with Crippen molar-refractivity contribution in [3.8, 4) is 18.1 Å². The molecule has 0 saturated heterocycles. The Hall–Kier alpha value is -3.05. The highest BCUT2D eigenvalue weighted by atomic mass is 16.5. The molecule has 2 heteroatoms. The van der Waals surface area contributed by atoms with Crippen LogP contribution in [0, 0.1) is 12.3 Å². The van der Waals surface area contributed by atoms with Gasteiger partial charge in [-0.15, -0.1) is 6.42 Å². The predicted octanol–water partition coefficient (Wildman–Crippen LogP) is 4.42. The van der Waals surface area contributed by atoms with Crippen LogP contribution in [0.5, 0.6) is 5.75 Å². The molecule has 0 fully saturated rings. The summed E-state index contributed by atoms with van der Waals surface area (Å²) < 4.78 is 5.68. The summed E-state index contributed by atoms with van der Waals surface area (Å²) in [6.07, 6.45) is 13.0. The van der Waals surface area contributed by atoms with Crippen molar-refractivity contribution in [1.29, 1.82) is 0 Å². The number of rotatable bonds is 4. The molecule has 1 aromatic heterocycles. The van der Waals surface area contributed by atoms with E-state index in [0.29, 0.717) is 0 Å². The molecule has 3 aromatic rings. The van der Waals surface area contributed by atoms with Crippen molar-refractivity contribution in [2.45, 2.75) is 0 Å². The van der Waals surface area contributed by atoms with E-state index in [9.17, 15) is 0 Å². The lowest BCUT2D eigenvalue weighted by atomic mass is 10.0. The molecule has 0 N–H and O–H groups in total. The predicted molar refractivity (Wildman–Crippen MR) is 91.4 cm³/mol. The lowest BCUT2D eigenvalue weighted by Crippen LogP contribution is -1.96. The molecule has 0 unspecified atom stereocenters. The van der Waals surface area contributed by atoms with Gasteiger partial charge in [-0.1, -0.05) is 48.4 Å². The van der Waals surface area contributed by atoms with Gasteiger partial charge >= 0.3 is 0 Å². The lowest BCUT2D eigenvalue weighted by molar-refractivity contribution is 0.370. The van der Waals surface area contributed by atoms with E-state index in [1.807, 2.05) is 42.5 Å². The molecule has 0 saturated carbocycles. The van der Waals surface area contributed by atoms with Gasteiger partial charge in [-0.05, 0) is 34.5 Å². The van der Waals surface area contributed by atoms with Gasteiger partial charge in [0.15, 0.2) is 0 Å². The molecule has 0 bridgehead atoms. The molecule has 3 rings (SSSR count). The summed E-state index contributed by atoms with van der Waals surface area (Å²) >= 11 is 0. The summed E-state index contributed by atoms with van der Waals surface area (Å²) in [6, 6.07) is 16.2. The number of pyridine rings is 1. The average molecular weight is 285 g/mol. The third-order valence-corrected chi connectivity index (χ3v) is 3.39. The minimum Gasteiger partial charge on any atom is -0.480 e. The first-order valence-corrected chi connectivity index (χ1v) is 7.04. The fourth-order valence-electron chi connectivity index (χ4n) is 2.35. The van der Waals surface area contributed by atoms with Crippen LogP contribution < -0.4 is 4.74 Å². The first kappa shape index (κ1) is 13.9. The van der Waals surface area contributed by atoms with Gasteiger partial charge in [-0.3, -0.25) is 4.98 Å². The van der Waals surface area contributed by atoms with E-state index in [-0.39, 0.29) is 6.61 Å². The molecule has 1 heterocycles. The summed E-state index contributed by atoms with van der Waals surface area (Å²) in [7, 11) is 0. The molecule has 106 valence electrons. The maximum atomic E-state index is 5.68. The first-order valence-electron chi connectivity index (χ1n) is 7.04. The van der Waals surface area contributed by atoms with Crippen molar-refractivity contribution in [1.82, 2.24) is 4.98 Å². The summed E-state index contributed by atoms with van der Waals surface area (Å²) in [5, 5.41) is 2.31. The van der Waals surface area contributed by atoms with Gasteiger partial charge in [0.1, 0.15) is 12.4 Å². The van der Waals surface area contributed by atoms with Crippen molar-refractivity contribution >= 4 is 22.9 Å². The number of nitrogens with zero attached hydrogens (tertiary/aromatic N) is 1. The maximum Gasteiger partial charge on any atom is 0.148 e. The molecular formula is C20H15NO. The standard InChI is InChI=1S/C20H15NO/c1-2-15-22-20-10-8-17-5-3-4-6-18(17)19(20)9-7-16-11-13-21-14-12-16/h1,3-14H,15H2/b9-7+. The van der Waals surface area contributed by atoms with Gasteiger partial charge in [0.05, 0.1) is 0 Å².